The van der Waals surface area contributed by atoms with Gasteiger partial charge in [-0.15, -0.1) is 0 Å². The van der Waals surface area contributed by atoms with E-state index in [1.807, 2.05) is 41.1 Å². The van der Waals surface area contributed by atoms with E-state index in [1.54, 1.807) is 24.0 Å². The van der Waals surface area contributed by atoms with Crippen LogP contribution in [-0.2, 0) is 7.05 Å². The Kier molecular flexibility index (Phi) is 2.85. The zero-order chi connectivity index (χ0) is 15.1. The maximum Gasteiger partial charge on any atom is 0.261 e. The quantitative estimate of drug-likeness (QED) is 0.728. The van der Waals surface area contributed by atoms with Crippen molar-refractivity contribution in [2.45, 2.75) is 6.04 Å². The minimum Gasteiger partial charge on any atom is -0.491 e. The van der Waals surface area contributed by atoms with E-state index in [9.17, 15) is 4.79 Å². The maximum atomic E-state index is 12.4. The van der Waals surface area contributed by atoms with Crippen molar-refractivity contribution >= 4 is 0 Å². The van der Waals surface area contributed by atoms with Crippen LogP contribution >= 0.6 is 0 Å². The number of para-hydroxylation sites is 1. The molecule has 0 aliphatic carbocycles. The maximum absolute atomic E-state index is 12.4. The average molecular weight is 293 g/mol. The first kappa shape index (κ1) is 12.9. The Bertz CT molecular complexity index is 895. The highest BCUT2D eigenvalue weighted by Crippen LogP contribution is 2.36. The molecule has 0 fully saturated rings. The van der Waals surface area contributed by atoms with Crippen molar-refractivity contribution in [2.24, 2.45) is 7.05 Å². The number of aromatic nitrogens is 3. The van der Waals surface area contributed by atoms with E-state index in [2.05, 4.69) is 11.1 Å². The second kappa shape index (κ2) is 4.87. The highest BCUT2D eigenvalue weighted by molar-refractivity contribution is 5.55. The van der Waals surface area contributed by atoms with Gasteiger partial charge in [0.15, 0.2) is 0 Å². The number of hydrogen-bond donors (Lipinski definition) is 0. The van der Waals surface area contributed by atoms with E-state index in [0.717, 1.165) is 11.3 Å². The predicted octanol–water partition coefficient (Wildman–Crippen LogP) is 2.23. The van der Waals surface area contributed by atoms with Gasteiger partial charge in [-0.3, -0.25) is 4.79 Å². The van der Waals surface area contributed by atoms with Crippen LogP contribution in [0.5, 0.6) is 5.75 Å². The second-order valence-electron chi connectivity index (χ2n) is 5.36. The van der Waals surface area contributed by atoms with Crippen molar-refractivity contribution in [3.05, 3.63) is 70.9 Å². The number of fused-ring (bicyclic) bond motifs is 1. The summed E-state index contributed by atoms with van der Waals surface area (Å²) in [6.07, 6.45) is 5.37. The van der Waals surface area contributed by atoms with Crippen LogP contribution in [0.3, 0.4) is 0 Å². The van der Waals surface area contributed by atoms with Crippen LogP contribution in [0.2, 0.25) is 0 Å². The lowest BCUT2D eigenvalue weighted by Crippen LogP contribution is -2.20. The molecule has 3 heterocycles. The number of hydrogen-bond acceptors (Lipinski definition) is 3. The lowest BCUT2D eigenvalue weighted by molar-refractivity contribution is 0.317. The third-order valence-corrected chi connectivity index (χ3v) is 4.04. The summed E-state index contributed by atoms with van der Waals surface area (Å²) in [7, 11) is 1.74. The van der Waals surface area contributed by atoms with E-state index in [0.29, 0.717) is 18.0 Å². The summed E-state index contributed by atoms with van der Waals surface area (Å²) in [5.41, 5.74) is 1.66. The molecule has 0 saturated carbocycles. The SMILES string of the molecule is Cn1cccc(-c2nccn2C2COc3ccccc32)c1=O. The van der Waals surface area contributed by atoms with Gasteiger partial charge in [0, 0.05) is 31.2 Å². The molecule has 110 valence electrons. The van der Waals surface area contributed by atoms with Gasteiger partial charge in [0.2, 0.25) is 0 Å². The Hall–Kier alpha value is -2.82. The first-order valence-electron chi connectivity index (χ1n) is 7.16. The summed E-state index contributed by atoms with van der Waals surface area (Å²) in [5.74, 6) is 1.57. The van der Waals surface area contributed by atoms with Gasteiger partial charge in [-0.05, 0) is 18.2 Å². The smallest absolute Gasteiger partial charge is 0.261 e. The molecule has 5 nitrogen and oxygen atoms in total. The van der Waals surface area contributed by atoms with Crippen molar-refractivity contribution in [1.82, 2.24) is 14.1 Å². The topological polar surface area (TPSA) is 49.0 Å². The second-order valence-corrected chi connectivity index (χ2v) is 5.36. The molecular formula is C17H15N3O2. The average Bonchev–Trinajstić information content (AvgIpc) is 3.16. The number of imidazole rings is 1. The van der Waals surface area contributed by atoms with Gasteiger partial charge in [0.05, 0.1) is 11.6 Å². The van der Waals surface area contributed by atoms with Gasteiger partial charge in [-0.25, -0.2) is 4.98 Å². The van der Waals surface area contributed by atoms with Crippen molar-refractivity contribution in [2.75, 3.05) is 6.61 Å². The highest BCUT2D eigenvalue weighted by atomic mass is 16.5. The number of benzene rings is 1. The van der Waals surface area contributed by atoms with Gasteiger partial charge in [0.25, 0.3) is 5.56 Å². The van der Waals surface area contributed by atoms with E-state index in [4.69, 9.17) is 4.74 Å². The Balaban J connectivity index is 1.85. The highest BCUT2D eigenvalue weighted by Gasteiger charge is 2.27. The van der Waals surface area contributed by atoms with Crippen LogP contribution < -0.4 is 10.3 Å². The molecule has 1 aliphatic heterocycles. The summed E-state index contributed by atoms with van der Waals surface area (Å²) >= 11 is 0. The minimum atomic E-state index is -0.0536. The number of ether oxygens (including phenoxy) is 1. The third-order valence-electron chi connectivity index (χ3n) is 4.04. The number of rotatable bonds is 2. The van der Waals surface area contributed by atoms with Crippen LogP contribution in [0, 0.1) is 0 Å². The Morgan fingerprint density at radius 2 is 2.05 bits per heavy atom. The monoisotopic (exact) mass is 293 g/mol. The molecule has 0 radical (unpaired) electrons. The van der Waals surface area contributed by atoms with E-state index < -0.39 is 0 Å². The van der Waals surface area contributed by atoms with Crippen LogP contribution in [0.4, 0.5) is 0 Å². The van der Waals surface area contributed by atoms with Crippen LogP contribution in [-0.4, -0.2) is 20.7 Å². The van der Waals surface area contributed by atoms with E-state index in [1.165, 1.54) is 0 Å². The van der Waals surface area contributed by atoms with Crippen molar-refractivity contribution in [1.29, 1.82) is 0 Å². The summed E-state index contributed by atoms with van der Waals surface area (Å²) < 4.78 is 9.33. The van der Waals surface area contributed by atoms with Crippen LogP contribution in [0.15, 0.2) is 59.8 Å². The van der Waals surface area contributed by atoms with Gasteiger partial charge >= 0.3 is 0 Å². The molecule has 22 heavy (non-hydrogen) atoms. The Morgan fingerprint density at radius 3 is 2.95 bits per heavy atom. The van der Waals surface area contributed by atoms with Crippen LogP contribution in [0.25, 0.3) is 11.4 Å². The summed E-state index contributed by atoms with van der Waals surface area (Å²) in [6.45, 7) is 0.551. The fourth-order valence-electron chi connectivity index (χ4n) is 2.92. The minimum absolute atomic E-state index is 0.0404. The molecule has 3 aromatic rings. The van der Waals surface area contributed by atoms with Crippen molar-refractivity contribution in [3.63, 3.8) is 0 Å². The molecule has 1 unspecified atom stereocenters. The molecule has 1 aromatic carbocycles. The van der Waals surface area contributed by atoms with Gasteiger partial charge in [0.1, 0.15) is 18.2 Å². The van der Waals surface area contributed by atoms with Crippen molar-refractivity contribution < 1.29 is 4.74 Å². The Morgan fingerprint density at radius 1 is 1.18 bits per heavy atom. The number of nitrogens with zero attached hydrogens (tertiary/aromatic N) is 3. The zero-order valence-corrected chi connectivity index (χ0v) is 12.1. The van der Waals surface area contributed by atoms with Crippen molar-refractivity contribution in [3.8, 4) is 17.1 Å². The normalized spacial score (nSPS) is 16.3. The molecule has 5 heteroatoms. The van der Waals surface area contributed by atoms with Gasteiger partial charge in [-0.1, -0.05) is 18.2 Å². The first-order chi connectivity index (χ1) is 10.8. The lowest BCUT2D eigenvalue weighted by atomic mass is 10.1. The molecule has 1 aliphatic rings. The van der Waals surface area contributed by atoms with E-state index >= 15 is 0 Å². The molecule has 0 saturated heterocycles. The molecular weight excluding hydrogens is 278 g/mol. The summed E-state index contributed by atoms with van der Waals surface area (Å²) in [4.78, 5) is 16.8. The number of aryl methyl sites for hydroxylation is 1. The number of pyridine rings is 1. The molecule has 0 amide bonds. The molecule has 4 rings (SSSR count). The molecule has 0 spiro atoms. The van der Waals surface area contributed by atoms with E-state index in [-0.39, 0.29) is 11.6 Å². The predicted molar refractivity (Wildman–Crippen MR) is 83.0 cm³/mol. The third kappa shape index (κ3) is 1.86. The fourth-order valence-corrected chi connectivity index (χ4v) is 2.92. The van der Waals surface area contributed by atoms with Gasteiger partial charge in [-0.2, -0.15) is 0 Å². The fraction of sp³-hybridized carbons (Fsp3) is 0.176. The molecule has 0 N–H and O–H groups in total. The standard InChI is InChI=1S/C17H15N3O2/c1-19-9-4-6-13(17(19)21)16-18-8-10-20(16)14-11-22-15-7-3-2-5-12(14)15/h2-10,14H,11H2,1H3. The first-order valence-corrected chi connectivity index (χ1v) is 7.16. The molecule has 0 bridgehead atoms. The molecule has 2 aromatic heterocycles. The Labute approximate surface area is 127 Å². The zero-order valence-electron chi connectivity index (χ0n) is 12.1. The van der Waals surface area contributed by atoms with Crippen LogP contribution in [0.1, 0.15) is 11.6 Å². The van der Waals surface area contributed by atoms with Gasteiger partial charge < -0.3 is 13.9 Å². The summed E-state index contributed by atoms with van der Waals surface area (Å²) in [5, 5.41) is 0. The largest absolute Gasteiger partial charge is 0.491 e. The molecule has 1 atom stereocenters. The lowest BCUT2D eigenvalue weighted by Gasteiger charge is -2.14. The summed E-state index contributed by atoms with van der Waals surface area (Å²) in [6, 6.07) is 11.7.